The number of fused-ring (bicyclic) bond motifs is 1. The number of pyridine rings is 1. The van der Waals surface area contributed by atoms with Gasteiger partial charge in [-0.3, -0.25) is 9.20 Å². The van der Waals surface area contributed by atoms with E-state index in [9.17, 15) is 13.6 Å². The van der Waals surface area contributed by atoms with Crippen LogP contribution in [0.25, 0.3) is 16.9 Å². The first-order valence-electron chi connectivity index (χ1n) is 8.83. The minimum absolute atomic E-state index is 0.00669. The van der Waals surface area contributed by atoms with Crippen molar-refractivity contribution in [3.8, 4) is 23.7 Å². The highest BCUT2D eigenvalue weighted by Crippen LogP contribution is 2.23. The molecule has 4 rings (SSSR count). The van der Waals surface area contributed by atoms with Crippen LogP contribution in [0, 0.1) is 24.0 Å². The van der Waals surface area contributed by atoms with Crippen molar-refractivity contribution in [1.29, 1.82) is 0 Å². The van der Waals surface area contributed by atoms with Crippen molar-refractivity contribution in [3.63, 3.8) is 0 Å². The third kappa shape index (κ3) is 3.58. The number of hydrogen-bond acceptors (Lipinski definition) is 2. The molecule has 0 aliphatic rings. The molecule has 1 amide bonds. The Bertz CT molecular complexity index is 1250. The van der Waals surface area contributed by atoms with E-state index in [1.54, 1.807) is 47.0 Å². The summed E-state index contributed by atoms with van der Waals surface area (Å²) in [5.41, 5.74) is 2.21. The number of aromatic nitrogens is 2. The number of nitrogens with one attached hydrogen (secondary N) is 1. The fraction of sp³-hybridized carbons (Fsp3) is 0.0435. The molecule has 0 bridgehead atoms. The Morgan fingerprint density at radius 2 is 1.90 bits per heavy atom. The maximum absolute atomic E-state index is 14.1. The molecule has 0 atom stereocenters. The Labute approximate surface area is 165 Å². The van der Waals surface area contributed by atoms with Gasteiger partial charge in [0, 0.05) is 29.4 Å². The summed E-state index contributed by atoms with van der Waals surface area (Å²) in [5.74, 6) is 1.59. The van der Waals surface area contributed by atoms with E-state index in [-0.39, 0.29) is 18.1 Å². The highest BCUT2D eigenvalue weighted by atomic mass is 19.1. The van der Waals surface area contributed by atoms with Crippen molar-refractivity contribution < 1.29 is 13.6 Å². The highest BCUT2D eigenvalue weighted by Gasteiger charge is 2.18. The molecule has 2 aromatic heterocycles. The van der Waals surface area contributed by atoms with Crippen molar-refractivity contribution in [2.75, 3.05) is 0 Å². The number of benzene rings is 2. The first kappa shape index (κ1) is 18.4. The van der Waals surface area contributed by atoms with Gasteiger partial charge in [-0.05, 0) is 48.5 Å². The van der Waals surface area contributed by atoms with Gasteiger partial charge in [0.2, 0.25) is 0 Å². The summed E-state index contributed by atoms with van der Waals surface area (Å²) >= 11 is 0. The normalized spacial score (nSPS) is 10.7. The van der Waals surface area contributed by atoms with Crippen LogP contribution in [0.2, 0.25) is 0 Å². The van der Waals surface area contributed by atoms with Crippen molar-refractivity contribution in [2.45, 2.75) is 6.54 Å². The van der Waals surface area contributed by atoms with Gasteiger partial charge in [0.1, 0.15) is 17.5 Å². The molecule has 0 radical (unpaired) electrons. The molecule has 0 saturated carbocycles. The van der Waals surface area contributed by atoms with E-state index in [0.717, 1.165) is 0 Å². The molecule has 2 aromatic carbocycles. The number of amides is 1. The van der Waals surface area contributed by atoms with Crippen LogP contribution < -0.4 is 5.32 Å². The molecular formula is C23H15F2N3O. The van der Waals surface area contributed by atoms with E-state index in [1.165, 1.54) is 18.2 Å². The Kier molecular flexibility index (Phi) is 4.80. The van der Waals surface area contributed by atoms with Gasteiger partial charge < -0.3 is 5.32 Å². The van der Waals surface area contributed by atoms with Gasteiger partial charge >= 0.3 is 0 Å². The lowest BCUT2D eigenvalue weighted by Gasteiger charge is -2.06. The Hall–Kier alpha value is -3.98. The Morgan fingerprint density at radius 1 is 1.10 bits per heavy atom. The lowest BCUT2D eigenvalue weighted by Crippen LogP contribution is -2.24. The number of terminal acetylenes is 1. The first-order valence-corrected chi connectivity index (χ1v) is 8.83. The average Bonchev–Trinajstić information content (AvgIpc) is 3.13. The molecule has 2 heterocycles. The molecule has 4 nitrogen and oxygen atoms in total. The topological polar surface area (TPSA) is 46.4 Å². The van der Waals surface area contributed by atoms with Crippen LogP contribution in [-0.4, -0.2) is 15.3 Å². The number of nitrogens with zero attached hydrogens (tertiary/aromatic N) is 2. The number of imidazole rings is 1. The zero-order valence-electron chi connectivity index (χ0n) is 15.2. The molecule has 0 fully saturated rings. The van der Waals surface area contributed by atoms with E-state index in [1.807, 2.05) is 6.07 Å². The minimum atomic E-state index is -0.484. The third-order valence-corrected chi connectivity index (χ3v) is 4.53. The highest BCUT2D eigenvalue weighted by molar-refractivity contribution is 6.00. The zero-order valence-corrected chi connectivity index (χ0v) is 15.2. The van der Waals surface area contributed by atoms with Gasteiger partial charge in [-0.25, -0.2) is 13.8 Å². The third-order valence-electron chi connectivity index (χ3n) is 4.53. The summed E-state index contributed by atoms with van der Waals surface area (Å²) < 4.78 is 29.1. The fourth-order valence-corrected chi connectivity index (χ4v) is 3.05. The number of hydrogen-bond donors (Lipinski definition) is 1. The van der Waals surface area contributed by atoms with Crippen LogP contribution in [0.3, 0.4) is 0 Å². The monoisotopic (exact) mass is 387 g/mol. The summed E-state index contributed by atoms with van der Waals surface area (Å²) in [5, 5.41) is 2.69. The SMILES string of the molecule is C#Cc1ccc(CNC(=O)c2nc(-c3ccc(F)cc3)n3ccccc23)c(F)c1. The molecule has 0 spiro atoms. The maximum atomic E-state index is 14.1. The summed E-state index contributed by atoms with van der Waals surface area (Å²) in [7, 11) is 0. The molecule has 1 N–H and O–H groups in total. The predicted molar refractivity (Wildman–Crippen MR) is 106 cm³/mol. The summed E-state index contributed by atoms with van der Waals surface area (Å²) in [6, 6.07) is 15.6. The smallest absolute Gasteiger partial charge is 0.272 e. The Morgan fingerprint density at radius 3 is 2.62 bits per heavy atom. The summed E-state index contributed by atoms with van der Waals surface area (Å²) in [6.45, 7) is -0.00669. The van der Waals surface area contributed by atoms with Gasteiger partial charge in [-0.2, -0.15) is 0 Å². The zero-order chi connectivity index (χ0) is 20.4. The molecule has 0 unspecified atom stereocenters. The van der Waals surface area contributed by atoms with Gasteiger partial charge in [0.15, 0.2) is 5.69 Å². The second-order valence-corrected chi connectivity index (χ2v) is 6.38. The second kappa shape index (κ2) is 7.56. The standard InChI is InChI=1S/C23H15F2N3O/c1-2-15-6-7-17(19(25)13-15)14-26-23(29)21-20-5-3-4-12-28(20)22(27-21)16-8-10-18(24)11-9-16/h1,3-13H,14H2,(H,26,29). The summed E-state index contributed by atoms with van der Waals surface area (Å²) in [4.78, 5) is 17.2. The van der Waals surface area contributed by atoms with Crippen molar-refractivity contribution >= 4 is 11.4 Å². The number of carbonyl (C=O) groups is 1. The first-order chi connectivity index (χ1) is 14.1. The van der Waals surface area contributed by atoms with E-state index >= 15 is 0 Å². The van der Waals surface area contributed by atoms with E-state index in [4.69, 9.17) is 6.42 Å². The average molecular weight is 387 g/mol. The molecule has 142 valence electrons. The number of halogens is 2. The van der Waals surface area contributed by atoms with Gasteiger partial charge in [-0.1, -0.05) is 18.1 Å². The lowest BCUT2D eigenvalue weighted by atomic mass is 10.1. The van der Waals surface area contributed by atoms with Gasteiger partial charge in [0.25, 0.3) is 5.91 Å². The molecule has 6 heteroatoms. The largest absolute Gasteiger partial charge is 0.346 e. The fourth-order valence-electron chi connectivity index (χ4n) is 3.05. The van der Waals surface area contributed by atoms with Crippen LogP contribution in [0.1, 0.15) is 21.6 Å². The number of carbonyl (C=O) groups excluding carboxylic acids is 1. The molecule has 4 aromatic rings. The van der Waals surface area contributed by atoms with Gasteiger partial charge in [-0.15, -0.1) is 6.42 Å². The van der Waals surface area contributed by atoms with Crippen LogP contribution in [0.5, 0.6) is 0 Å². The van der Waals surface area contributed by atoms with Crippen molar-refractivity contribution in [3.05, 3.63) is 95.3 Å². The van der Waals surface area contributed by atoms with Crippen LogP contribution in [0.4, 0.5) is 8.78 Å². The van der Waals surface area contributed by atoms with E-state index < -0.39 is 11.7 Å². The minimum Gasteiger partial charge on any atom is -0.346 e. The lowest BCUT2D eigenvalue weighted by molar-refractivity contribution is 0.0948. The summed E-state index contributed by atoms with van der Waals surface area (Å²) in [6.07, 6.45) is 7.03. The van der Waals surface area contributed by atoms with E-state index in [2.05, 4.69) is 16.2 Å². The van der Waals surface area contributed by atoms with Crippen LogP contribution >= 0.6 is 0 Å². The Balaban J connectivity index is 1.64. The molecule has 0 aliphatic heterocycles. The maximum Gasteiger partial charge on any atom is 0.272 e. The van der Waals surface area contributed by atoms with E-state index in [0.29, 0.717) is 28.0 Å². The van der Waals surface area contributed by atoms with Crippen LogP contribution in [-0.2, 0) is 6.54 Å². The predicted octanol–water partition coefficient (Wildman–Crippen LogP) is 4.19. The van der Waals surface area contributed by atoms with Gasteiger partial charge in [0.05, 0.1) is 5.52 Å². The molecule has 0 saturated heterocycles. The van der Waals surface area contributed by atoms with Crippen molar-refractivity contribution in [1.82, 2.24) is 14.7 Å². The molecule has 0 aliphatic carbocycles. The van der Waals surface area contributed by atoms with Crippen molar-refractivity contribution in [2.24, 2.45) is 0 Å². The number of rotatable bonds is 4. The molecule has 29 heavy (non-hydrogen) atoms. The van der Waals surface area contributed by atoms with Crippen LogP contribution in [0.15, 0.2) is 66.9 Å². The second-order valence-electron chi connectivity index (χ2n) is 6.38. The quantitative estimate of drug-likeness (QED) is 0.534. The molecular weight excluding hydrogens is 372 g/mol.